The minimum absolute atomic E-state index is 0.123. The molecule has 1 aromatic carbocycles. The molecule has 0 bridgehead atoms. The van der Waals surface area contributed by atoms with Gasteiger partial charge in [0.25, 0.3) is 5.91 Å². The van der Waals surface area contributed by atoms with Gasteiger partial charge < -0.3 is 5.32 Å². The third-order valence-electron chi connectivity index (χ3n) is 2.06. The van der Waals surface area contributed by atoms with Crippen LogP contribution in [-0.4, -0.2) is 10.3 Å². The number of halogens is 1. The van der Waals surface area contributed by atoms with Crippen molar-refractivity contribution in [3.05, 3.63) is 52.0 Å². The molecule has 1 amide bonds. The molecule has 0 spiro atoms. The smallest absolute Gasteiger partial charge is 0.263 e. The van der Waals surface area contributed by atoms with E-state index in [0.29, 0.717) is 16.4 Å². The summed E-state index contributed by atoms with van der Waals surface area (Å²) in [6.45, 7) is 0.427. The SMILES string of the molecule is O=C(NCc1ccccc1Cl)c1ccns1. The highest BCUT2D eigenvalue weighted by Gasteiger charge is 2.07. The van der Waals surface area contributed by atoms with Gasteiger partial charge >= 0.3 is 0 Å². The number of carbonyl (C=O) groups is 1. The monoisotopic (exact) mass is 252 g/mol. The second-order valence-electron chi connectivity index (χ2n) is 3.15. The first-order valence-electron chi connectivity index (χ1n) is 4.69. The summed E-state index contributed by atoms with van der Waals surface area (Å²) in [6, 6.07) is 9.12. The molecule has 2 rings (SSSR count). The third kappa shape index (κ3) is 2.59. The molecule has 2 aromatic rings. The molecule has 82 valence electrons. The summed E-state index contributed by atoms with van der Waals surface area (Å²) >= 11 is 7.15. The predicted octanol–water partition coefficient (Wildman–Crippen LogP) is 2.73. The molecule has 0 saturated heterocycles. The summed E-state index contributed by atoms with van der Waals surface area (Å²) in [4.78, 5) is 12.2. The van der Waals surface area contributed by atoms with E-state index in [2.05, 4.69) is 9.69 Å². The molecule has 0 unspecified atom stereocenters. The molecular formula is C11H9ClN2OS. The van der Waals surface area contributed by atoms with Crippen molar-refractivity contribution in [3.8, 4) is 0 Å². The van der Waals surface area contributed by atoms with Crippen molar-refractivity contribution in [2.24, 2.45) is 0 Å². The van der Waals surface area contributed by atoms with Crippen molar-refractivity contribution in [2.75, 3.05) is 0 Å². The summed E-state index contributed by atoms with van der Waals surface area (Å²) in [6.07, 6.45) is 1.61. The van der Waals surface area contributed by atoms with Gasteiger partial charge in [0.2, 0.25) is 0 Å². The zero-order chi connectivity index (χ0) is 11.4. The molecule has 0 radical (unpaired) electrons. The van der Waals surface area contributed by atoms with Crippen LogP contribution < -0.4 is 5.32 Å². The zero-order valence-electron chi connectivity index (χ0n) is 8.31. The maximum absolute atomic E-state index is 11.6. The summed E-state index contributed by atoms with van der Waals surface area (Å²) in [5.41, 5.74) is 0.905. The Balaban J connectivity index is 1.98. The molecule has 0 atom stereocenters. The van der Waals surface area contributed by atoms with Crippen LogP contribution in [0, 0.1) is 0 Å². The van der Waals surface area contributed by atoms with E-state index >= 15 is 0 Å². The lowest BCUT2D eigenvalue weighted by Crippen LogP contribution is -2.21. The van der Waals surface area contributed by atoms with E-state index in [1.165, 1.54) is 11.5 Å². The summed E-state index contributed by atoms with van der Waals surface area (Å²) in [5.74, 6) is -0.123. The Morgan fingerprint density at radius 3 is 2.88 bits per heavy atom. The Bertz CT molecular complexity index is 484. The second kappa shape index (κ2) is 5.09. The van der Waals surface area contributed by atoms with Crippen LogP contribution >= 0.6 is 23.1 Å². The molecule has 3 nitrogen and oxygen atoms in total. The first kappa shape index (κ1) is 11.1. The van der Waals surface area contributed by atoms with Gasteiger partial charge in [0, 0.05) is 17.8 Å². The number of nitrogens with one attached hydrogen (secondary N) is 1. The minimum atomic E-state index is -0.123. The number of carbonyl (C=O) groups excluding carboxylic acids is 1. The molecule has 5 heteroatoms. The van der Waals surface area contributed by atoms with E-state index in [1.807, 2.05) is 18.2 Å². The molecular weight excluding hydrogens is 244 g/mol. The first-order chi connectivity index (χ1) is 7.77. The maximum Gasteiger partial charge on any atom is 0.263 e. The zero-order valence-corrected chi connectivity index (χ0v) is 9.89. The van der Waals surface area contributed by atoms with Crippen molar-refractivity contribution >= 4 is 29.0 Å². The number of amides is 1. The fourth-order valence-electron chi connectivity index (χ4n) is 1.24. The highest BCUT2D eigenvalue weighted by Crippen LogP contribution is 2.14. The third-order valence-corrected chi connectivity index (χ3v) is 3.17. The molecule has 0 saturated carbocycles. The van der Waals surface area contributed by atoms with Crippen molar-refractivity contribution in [2.45, 2.75) is 6.54 Å². The highest BCUT2D eigenvalue weighted by molar-refractivity contribution is 7.08. The Morgan fingerprint density at radius 2 is 2.19 bits per heavy atom. The fourth-order valence-corrected chi connectivity index (χ4v) is 1.95. The minimum Gasteiger partial charge on any atom is -0.347 e. The molecule has 16 heavy (non-hydrogen) atoms. The van der Waals surface area contributed by atoms with Crippen LogP contribution in [0.25, 0.3) is 0 Å². The maximum atomic E-state index is 11.6. The van der Waals surface area contributed by atoms with Crippen molar-refractivity contribution in [1.82, 2.24) is 9.69 Å². The largest absolute Gasteiger partial charge is 0.347 e. The molecule has 0 aliphatic rings. The Kier molecular flexibility index (Phi) is 3.54. The van der Waals surface area contributed by atoms with E-state index in [9.17, 15) is 4.79 Å². The average Bonchev–Trinajstić information content (AvgIpc) is 2.81. The van der Waals surface area contributed by atoms with Crippen LogP contribution in [0.3, 0.4) is 0 Å². The van der Waals surface area contributed by atoms with Gasteiger partial charge in [-0.25, -0.2) is 4.37 Å². The quantitative estimate of drug-likeness (QED) is 0.913. The molecule has 0 aliphatic carbocycles. The Morgan fingerprint density at radius 1 is 1.38 bits per heavy atom. The van der Waals surface area contributed by atoms with E-state index in [4.69, 9.17) is 11.6 Å². The van der Waals surface area contributed by atoms with Gasteiger partial charge in [0.1, 0.15) is 4.88 Å². The standard InChI is InChI=1S/C11H9ClN2OS/c12-9-4-2-1-3-8(9)7-13-11(15)10-5-6-14-16-10/h1-6H,7H2,(H,13,15). The normalized spacial score (nSPS) is 10.1. The van der Waals surface area contributed by atoms with Crippen LogP contribution in [0.2, 0.25) is 5.02 Å². The lowest BCUT2D eigenvalue weighted by molar-refractivity contribution is 0.0955. The number of nitrogens with zero attached hydrogens (tertiary/aromatic N) is 1. The predicted molar refractivity (Wildman–Crippen MR) is 64.7 cm³/mol. The summed E-state index contributed by atoms with van der Waals surface area (Å²) in [7, 11) is 0. The molecule has 0 fully saturated rings. The highest BCUT2D eigenvalue weighted by atomic mass is 35.5. The van der Waals surface area contributed by atoms with Gasteiger partial charge in [-0.05, 0) is 29.2 Å². The first-order valence-corrected chi connectivity index (χ1v) is 5.85. The van der Waals surface area contributed by atoms with Crippen LogP contribution in [-0.2, 0) is 6.54 Å². The number of benzene rings is 1. The summed E-state index contributed by atoms with van der Waals surface area (Å²) in [5, 5.41) is 3.45. The molecule has 1 heterocycles. The van der Waals surface area contributed by atoms with Crippen LogP contribution in [0.5, 0.6) is 0 Å². The van der Waals surface area contributed by atoms with Gasteiger partial charge in [-0.3, -0.25) is 4.79 Å². The van der Waals surface area contributed by atoms with Crippen molar-refractivity contribution < 1.29 is 4.79 Å². The van der Waals surface area contributed by atoms with Gasteiger partial charge in [0.15, 0.2) is 0 Å². The molecule has 1 N–H and O–H groups in total. The lowest BCUT2D eigenvalue weighted by Gasteiger charge is -2.05. The van der Waals surface area contributed by atoms with E-state index < -0.39 is 0 Å². The lowest BCUT2D eigenvalue weighted by atomic mass is 10.2. The Labute approximate surface area is 102 Å². The second-order valence-corrected chi connectivity index (χ2v) is 4.39. The topological polar surface area (TPSA) is 42.0 Å². The average molecular weight is 253 g/mol. The molecule has 0 aliphatic heterocycles. The van der Waals surface area contributed by atoms with E-state index in [-0.39, 0.29) is 5.91 Å². The van der Waals surface area contributed by atoms with Crippen LogP contribution in [0.4, 0.5) is 0 Å². The van der Waals surface area contributed by atoms with Crippen LogP contribution in [0.1, 0.15) is 15.2 Å². The van der Waals surface area contributed by atoms with Gasteiger partial charge in [-0.2, -0.15) is 0 Å². The number of aromatic nitrogens is 1. The number of hydrogen-bond acceptors (Lipinski definition) is 3. The van der Waals surface area contributed by atoms with Gasteiger partial charge in [0.05, 0.1) is 0 Å². The van der Waals surface area contributed by atoms with E-state index in [0.717, 1.165) is 5.56 Å². The Hall–Kier alpha value is -1.39. The fraction of sp³-hybridized carbons (Fsp3) is 0.0909. The molecule has 1 aromatic heterocycles. The summed E-state index contributed by atoms with van der Waals surface area (Å²) < 4.78 is 3.87. The van der Waals surface area contributed by atoms with E-state index in [1.54, 1.807) is 18.3 Å². The van der Waals surface area contributed by atoms with Crippen LogP contribution in [0.15, 0.2) is 36.5 Å². The van der Waals surface area contributed by atoms with Crippen molar-refractivity contribution in [1.29, 1.82) is 0 Å². The van der Waals surface area contributed by atoms with Gasteiger partial charge in [-0.15, -0.1) is 0 Å². The van der Waals surface area contributed by atoms with Gasteiger partial charge in [-0.1, -0.05) is 29.8 Å². The van der Waals surface area contributed by atoms with Crippen molar-refractivity contribution in [3.63, 3.8) is 0 Å². The number of hydrogen-bond donors (Lipinski definition) is 1. The number of rotatable bonds is 3.